The van der Waals surface area contributed by atoms with Gasteiger partial charge in [0.1, 0.15) is 17.5 Å². The van der Waals surface area contributed by atoms with Gasteiger partial charge in [0.2, 0.25) is 0 Å². The minimum atomic E-state index is -3.67. The first-order valence-electron chi connectivity index (χ1n) is 12.9. The van der Waals surface area contributed by atoms with Gasteiger partial charge in [0.15, 0.2) is 0 Å². The van der Waals surface area contributed by atoms with E-state index >= 15 is 0 Å². The van der Waals surface area contributed by atoms with Crippen molar-refractivity contribution in [1.29, 1.82) is 0 Å². The molecule has 4 aromatic rings. The Bertz CT molecular complexity index is 1770. The van der Waals surface area contributed by atoms with Crippen LogP contribution in [0.3, 0.4) is 0 Å². The molecule has 44 heavy (non-hydrogen) atoms. The predicted molar refractivity (Wildman–Crippen MR) is 163 cm³/mol. The number of imidazole rings is 1. The zero-order valence-corrected chi connectivity index (χ0v) is 24.9. The maximum atomic E-state index is 13.4. The number of pyridine rings is 1. The number of rotatable bonds is 9. The molecule has 2 amide bonds. The number of aryl methyl sites for hydroxylation is 1. The molecule has 16 heteroatoms. The number of hydrogen-bond donors (Lipinski definition) is 4. The summed E-state index contributed by atoms with van der Waals surface area (Å²) in [5, 5.41) is 12.4. The zero-order chi connectivity index (χ0) is 32.4. The van der Waals surface area contributed by atoms with Crippen LogP contribution in [-0.2, 0) is 33.2 Å². The Balaban J connectivity index is 0.000000978. The first-order chi connectivity index (χ1) is 20.8. The first-order valence-corrected chi connectivity index (χ1v) is 14.7. The molecule has 0 aliphatic carbocycles. The molecule has 0 unspecified atom stereocenters. The molecule has 0 saturated heterocycles. The molecule has 0 aliphatic rings. The van der Waals surface area contributed by atoms with E-state index in [4.69, 9.17) is 20.4 Å². The lowest BCUT2D eigenvalue weighted by molar-refractivity contribution is -0.136. The number of aromatic nitrogens is 3. The smallest absolute Gasteiger partial charge is 0.435 e. The number of methoxy groups -OCH3 is 1. The average Bonchev–Trinajstić information content (AvgIpc) is 3.30. The molecule has 0 radical (unpaired) electrons. The number of ether oxygens (including phenoxy) is 1. The Kier molecular flexibility index (Phi) is 11.1. The van der Waals surface area contributed by atoms with E-state index in [2.05, 4.69) is 20.0 Å². The Morgan fingerprint density at radius 1 is 1.09 bits per heavy atom. The number of carbonyl (C=O) groups is 3. The normalized spacial score (nSPS) is 11.3. The van der Waals surface area contributed by atoms with Crippen molar-refractivity contribution in [3.05, 3.63) is 83.8 Å². The van der Waals surface area contributed by atoms with Gasteiger partial charge in [0.25, 0.3) is 16.0 Å². The summed E-state index contributed by atoms with van der Waals surface area (Å²) >= 11 is 0. The molecule has 0 aliphatic heterocycles. The van der Waals surface area contributed by atoms with Gasteiger partial charge >= 0.3 is 12.1 Å². The highest BCUT2D eigenvalue weighted by Gasteiger charge is 2.21. The number of nitrogens with one attached hydrogen (secondary N) is 1. The zero-order valence-electron chi connectivity index (χ0n) is 24.0. The second-order valence-corrected chi connectivity index (χ2v) is 10.7. The van der Waals surface area contributed by atoms with Crippen molar-refractivity contribution in [2.45, 2.75) is 13.0 Å². The predicted octanol–water partition coefficient (Wildman–Crippen LogP) is 2.68. The number of aliphatic imine (C=N–C) groups is 1. The van der Waals surface area contributed by atoms with Crippen molar-refractivity contribution in [3.63, 3.8) is 0 Å². The Morgan fingerprint density at radius 2 is 1.75 bits per heavy atom. The van der Waals surface area contributed by atoms with Crippen LogP contribution in [0.25, 0.3) is 11.0 Å². The maximum absolute atomic E-state index is 13.4. The van der Waals surface area contributed by atoms with Crippen molar-refractivity contribution in [3.8, 4) is 0 Å². The molecule has 2 aromatic carbocycles. The van der Waals surface area contributed by atoms with Crippen LogP contribution < -0.4 is 16.0 Å². The third kappa shape index (κ3) is 9.60. The summed E-state index contributed by atoms with van der Waals surface area (Å²) in [4.78, 5) is 49.7. The van der Waals surface area contributed by atoms with Gasteiger partial charge in [0.05, 0.1) is 37.4 Å². The van der Waals surface area contributed by atoms with Crippen molar-refractivity contribution in [1.82, 2.24) is 14.5 Å². The van der Waals surface area contributed by atoms with Gasteiger partial charge in [-0.3, -0.25) is 19.0 Å². The van der Waals surface area contributed by atoms with Gasteiger partial charge in [0, 0.05) is 36.6 Å². The highest BCUT2D eigenvalue weighted by Crippen LogP contribution is 2.21. The highest BCUT2D eigenvalue weighted by molar-refractivity contribution is 7.85. The monoisotopic (exact) mass is 625 g/mol. The number of nitrogens with zero attached hydrogens (tertiary/aromatic N) is 5. The van der Waals surface area contributed by atoms with Crippen LogP contribution in [0.4, 0.5) is 16.3 Å². The standard InChI is InChI=1S/C27H27N7O5.CH4O3S/c1-33-21-11-8-18(26(37)34(14-12-24(35)36)22-5-3-4-13-29-22)15-20(21)31-23(33)16-30-19-9-6-17(7-10-19)25(28)32-27(38)39-2;1-5(2,3)4/h3-11,13,15,30H,12,14,16H2,1-2H3,(H,35,36)(H2,28,32,38);1H3,(H,2,3,4). The van der Waals surface area contributed by atoms with E-state index < -0.39 is 22.2 Å². The van der Waals surface area contributed by atoms with E-state index in [9.17, 15) is 22.8 Å². The fourth-order valence-corrected chi connectivity index (χ4v) is 3.89. The molecule has 0 bridgehead atoms. The van der Waals surface area contributed by atoms with Gasteiger partial charge in [-0.25, -0.2) is 14.8 Å². The van der Waals surface area contributed by atoms with Crippen molar-refractivity contribution >= 4 is 56.5 Å². The third-order valence-electron chi connectivity index (χ3n) is 5.96. The van der Waals surface area contributed by atoms with Crippen LogP contribution in [0.5, 0.6) is 0 Å². The van der Waals surface area contributed by atoms with Crippen LogP contribution in [0.15, 0.2) is 71.9 Å². The number of benzene rings is 2. The van der Waals surface area contributed by atoms with E-state index in [0.717, 1.165) is 17.0 Å². The van der Waals surface area contributed by atoms with Crippen molar-refractivity contribution in [2.75, 3.05) is 30.1 Å². The molecule has 2 heterocycles. The number of nitrogens with two attached hydrogens (primary N) is 1. The molecule has 2 aromatic heterocycles. The lowest BCUT2D eigenvalue weighted by Gasteiger charge is -2.21. The van der Waals surface area contributed by atoms with Crippen LogP contribution in [0.2, 0.25) is 0 Å². The largest absolute Gasteiger partial charge is 0.481 e. The number of hydrogen-bond acceptors (Lipinski definition) is 9. The SMILES string of the molecule is COC(=O)/N=C(\N)c1ccc(NCc2nc3cc(C(=O)N(CCC(=O)O)c4ccccn4)ccc3n2C)cc1.CS(=O)(=O)O. The van der Waals surface area contributed by atoms with Gasteiger partial charge in [-0.05, 0) is 54.6 Å². The molecule has 232 valence electrons. The number of amidine groups is 1. The Morgan fingerprint density at radius 3 is 2.34 bits per heavy atom. The minimum absolute atomic E-state index is 0.0143. The van der Waals surface area contributed by atoms with Gasteiger partial charge in [-0.1, -0.05) is 6.07 Å². The molecular weight excluding hydrogens is 594 g/mol. The van der Waals surface area contributed by atoms with Gasteiger partial charge in [-0.15, -0.1) is 0 Å². The molecule has 4 rings (SSSR count). The number of anilines is 2. The summed E-state index contributed by atoms with van der Waals surface area (Å²) in [7, 11) is -0.556. The number of carboxylic acid groups (broad SMARTS) is 1. The Hall–Kier alpha value is -5.35. The number of amides is 2. The molecule has 0 atom stereocenters. The molecule has 15 nitrogen and oxygen atoms in total. The summed E-state index contributed by atoms with van der Waals surface area (Å²) in [5.41, 5.74) is 9.04. The van der Waals surface area contributed by atoms with Crippen LogP contribution in [0, 0.1) is 0 Å². The lowest BCUT2D eigenvalue weighted by atomic mass is 10.1. The van der Waals surface area contributed by atoms with Crippen molar-refractivity contribution < 1.29 is 37.2 Å². The van der Waals surface area contributed by atoms with E-state index in [1.165, 1.54) is 12.0 Å². The van der Waals surface area contributed by atoms with Gasteiger partial charge in [-0.2, -0.15) is 13.4 Å². The maximum Gasteiger partial charge on any atom is 0.435 e. The minimum Gasteiger partial charge on any atom is -0.481 e. The van der Waals surface area contributed by atoms with E-state index in [1.807, 2.05) is 17.7 Å². The number of aliphatic carboxylic acids is 1. The van der Waals surface area contributed by atoms with Crippen LogP contribution in [0.1, 0.15) is 28.2 Å². The number of carbonyl (C=O) groups excluding carboxylic acids is 2. The molecule has 5 N–H and O–H groups in total. The second-order valence-electron chi connectivity index (χ2n) is 9.21. The lowest BCUT2D eigenvalue weighted by Crippen LogP contribution is -2.33. The summed E-state index contributed by atoms with van der Waals surface area (Å²) < 4.78 is 32.3. The number of fused-ring (bicyclic) bond motifs is 1. The summed E-state index contributed by atoms with van der Waals surface area (Å²) in [6, 6.07) is 17.4. The van der Waals surface area contributed by atoms with E-state index in [0.29, 0.717) is 35.3 Å². The van der Waals surface area contributed by atoms with E-state index in [-0.39, 0.29) is 24.7 Å². The number of carboxylic acids is 1. The fourth-order valence-electron chi connectivity index (χ4n) is 3.89. The quantitative estimate of drug-likeness (QED) is 0.120. The second kappa shape index (κ2) is 14.7. The average molecular weight is 626 g/mol. The summed E-state index contributed by atoms with van der Waals surface area (Å²) in [6.45, 7) is 0.387. The third-order valence-corrected chi connectivity index (χ3v) is 5.96. The summed E-state index contributed by atoms with van der Waals surface area (Å²) in [5.74, 6) is -0.207. The molecule has 0 fully saturated rings. The summed E-state index contributed by atoms with van der Waals surface area (Å²) in [6.07, 6.45) is 1.28. The van der Waals surface area contributed by atoms with Crippen LogP contribution in [-0.4, -0.2) is 76.3 Å². The van der Waals surface area contributed by atoms with Crippen molar-refractivity contribution in [2.24, 2.45) is 17.8 Å². The topological polar surface area (TPSA) is 219 Å². The van der Waals surface area contributed by atoms with Crippen LogP contribution >= 0.6 is 0 Å². The Labute approximate surface area is 252 Å². The first kappa shape index (κ1) is 33.2. The van der Waals surface area contributed by atoms with Gasteiger partial charge < -0.3 is 25.5 Å². The fraction of sp³-hybridized carbons (Fsp3) is 0.214. The molecule has 0 saturated carbocycles. The molecule has 0 spiro atoms. The van der Waals surface area contributed by atoms with E-state index in [1.54, 1.807) is 60.8 Å². The molecular formula is C28H31N7O8S. The highest BCUT2D eigenvalue weighted by atomic mass is 32.2.